The van der Waals surface area contributed by atoms with Gasteiger partial charge in [-0.2, -0.15) is 0 Å². The molecular formula is C15H18BrNO4. The third kappa shape index (κ3) is 3.56. The summed E-state index contributed by atoms with van der Waals surface area (Å²) in [4.78, 5) is 23.8. The van der Waals surface area contributed by atoms with E-state index in [1.165, 1.54) is 6.92 Å². The lowest BCUT2D eigenvalue weighted by Crippen LogP contribution is -2.46. The van der Waals surface area contributed by atoms with Crippen molar-refractivity contribution in [2.45, 2.75) is 32.2 Å². The van der Waals surface area contributed by atoms with Crippen molar-refractivity contribution in [3.63, 3.8) is 0 Å². The molecule has 1 aromatic rings. The minimum absolute atomic E-state index is 0.128. The van der Waals surface area contributed by atoms with Crippen molar-refractivity contribution < 1.29 is 19.4 Å². The lowest BCUT2D eigenvalue weighted by molar-refractivity contribution is -0.154. The largest absolute Gasteiger partial charge is 0.496 e. The van der Waals surface area contributed by atoms with Gasteiger partial charge in [0.05, 0.1) is 11.6 Å². The maximum Gasteiger partial charge on any atom is 0.319 e. The molecule has 2 N–H and O–H groups in total. The van der Waals surface area contributed by atoms with Crippen molar-refractivity contribution in [1.82, 2.24) is 5.32 Å². The number of carboxylic acids is 1. The van der Waals surface area contributed by atoms with Gasteiger partial charge in [-0.05, 0) is 59.8 Å². The predicted octanol–water partition coefficient (Wildman–Crippen LogP) is 2.37. The van der Waals surface area contributed by atoms with Crippen LogP contribution in [0.25, 0.3) is 0 Å². The van der Waals surface area contributed by atoms with Crippen LogP contribution in [0.4, 0.5) is 0 Å². The highest BCUT2D eigenvalue weighted by atomic mass is 79.9. The van der Waals surface area contributed by atoms with Crippen molar-refractivity contribution in [3.05, 3.63) is 28.2 Å². The van der Waals surface area contributed by atoms with Gasteiger partial charge in [0.1, 0.15) is 11.2 Å². The van der Waals surface area contributed by atoms with Crippen LogP contribution in [-0.4, -0.2) is 30.1 Å². The van der Waals surface area contributed by atoms with E-state index in [1.807, 2.05) is 0 Å². The molecule has 1 aliphatic rings. The molecule has 0 aliphatic heterocycles. The Morgan fingerprint density at radius 2 is 2.14 bits per heavy atom. The van der Waals surface area contributed by atoms with Crippen molar-refractivity contribution in [2.75, 3.05) is 7.11 Å². The summed E-state index contributed by atoms with van der Waals surface area (Å²) in [5, 5.41) is 12.2. The average molecular weight is 356 g/mol. The van der Waals surface area contributed by atoms with E-state index in [9.17, 15) is 14.7 Å². The molecule has 2 rings (SSSR count). The maximum atomic E-state index is 12.2. The van der Waals surface area contributed by atoms with Crippen LogP contribution in [0, 0.1) is 5.41 Å². The van der Waals surface area contributed by atoms with Gasteiger partial charge in [-0.15, -0.1) is 0 Å². The first-order chi connectivity index (χ1) is 9.86. The standard InChI is InChI=1S/C15H18BrNO4/c1-15(14(19)20,13(18)17-10-4-5-10)8-9-3-6-12(21-2)11(16)7-9/h3,6-7,10H,4-5,8H2,1-2H3,(H,17,18)(H,19,20). The molecule has 1 aliphatic carbocycles. The second-order valence-electron chi connectivity index (χ2n) is 5.53. The molecule has 1 unspecified atom stereocenters. The number of hydrogen-bond acceptors (Lipinski definition) is 3. The number of benzene rings is 1. The molecule has 1 aromatic carbocycles. The number of aliphatic carboxylic acids is 1. The number of nitrogens with one attached hydrogen (secondary N) is 1. The summed E-state index contributed by atoms with van der Waals surface area (Å²) >= 11 is 3.37. The molecule has 1 atom stereocenters. The minimum atomic E-state index is -1.48. The van der Waals surface area contributed by atoms with Gasteiger partial charge in [0.2, 0.25) is 5.91 Å². The molecule has 0 bridgehead atoms. The second-order valence-corrected chi connectivity index (χ2v) is 6.39. The Morgan fingerprint density at radius 3 is 2.62 bits per heavy atom. The quantitative estimate of drug-likeness (QED) is 0.768. The molecule has 5 nitrogen and oxygen atoms in total. The lowest BCUT2D eigenvalue weighted by Gasteiger charge is -2.24. The third-order valence-corrected chi connectivity index (χ3v) is 4.28. The van der Waals surface area contributed by atoms with Crippen LogP contribution in [0.3, 0.4) is 0 Å². The van der Waals surface area contributed by atoms with Gasteiger partial charge in [0.25, 0.3) is 0 Å². The molecule has 6 heteroatoms. The van der Waals surface area contributed by atoms with E-state index in [1.54, 1.807) is 25.3 Å². The van der Waals surface area contributed by atoms with E-state index >= 15 is 0 Å². The fourth-order valence-corrected chi connectivity index (χ4v) is 2.64. The Bertz CT molecular complexity index is 571. The van der Waals surface area contributed by atoms with Crippen molar-refractivity contribution in [2.24, 2.45) is 5.41 Å². The molecule has 0 spiro atoms. The first-order valence-electron chi connectivity index (χ1n) is 6.73. The Balaban J connectivity index is 2.20. The van der Waals surface area contributed by atoms with Gasteiger partial charge < -0.3 is 15.2 Å². The smallest absolute Gasteiger partial charge is 0.319 e. The molecule has 0 heterocycles. The SMILES string of the molecule is COc1ccc(CC(C)(C(=O)O)C(=O)NC2CC2)cc1Br. The summed E-state index contributed by atoms with van der Waals surface area (Å²) in [5.41, 5.74) is -0.713. The Labute approximate surface area is 131 Å². The first-order valence-corrected chi connectivity index (χ1v) is 7.53. The summed E-state index contributed by atoms with van der Waals surface area (Å²) in [6, 6.07) is 5.44. The lowest BCUT2D eigenvalue weighted by atomic mass is 9.82. The number of hydrogen-bond donors (Lipinski definition) is 2. The monoisotopic (exact) mass is 355 g/mol. The van der Waals surface area contributed by atoms with Gasteiger partial charge in [-0.25, -0.2) is 0 Å². The maximum absolute atomic E-state index is 12.2. The highest BCUT2D eigenvalue weighted by Gasteiger charge is 2.43. The van der Waals surface area contributed by atoms with E-state index in [4.69, 9.17) is 4.74 Å². The second kappa shape index (κ2) is 6.05. The highest BCUT2D eigenvalue weighted by Crippen LogP contribution is 2.31. The molecule has 1 saturated carbocycles. The van der Waals surface area contributed by atoms with Gasteiger partial charge in [-0.1, -0.05) is 6.07 Å². The van der Waals surface area contributed by atoms with E-state index in [0.717, 1.165) is 22.9 Å². The molecule has 114 valence electrons. The van der Waals surface area contributed by atoms with Crippen LogP contribution >= 0.6 is 15.9 Å². The van der Waals surface area contributed by atoms with Crippen LogP contribution in [-0.2, 0) is 16.0 Å². The molecular weight excluding hydrogens is 338 g/mol. The Morgan fingerprint density at radius 1 is 1.48 bits per heavy atom. The van der Waals surface area contributed by atoms with E-state index in [2.05, 4.69) is 21.2 Å². The summed E-state index contributed by atoms with van der Waals surface area (Å²) < 4.78 is 5.88. The Kier molecular flexibility index (Phi) is 4.56. The predicted molar refractivity (Wildman–Crippen MR) is 81.3 cm³/mol. The molecule has 0 aromatic heterocycles. The summed E-state index contributed by atoms with van der Waals surface area (Å²) in [6.07, 6.45) is 1.98. The van der Waals surface area contributed by atoms with Crippen LogP contribution in [0.15, 0.2) is 22.7 Å². The van der Waals surface area contributed by atoms with Crippen molar-refractivity contribution >= 4 is 27.8 Å². The number of amides is 1. The molecule has 0 saturated heterocycles. The highest BCUT2D eigenvalue weighted by molar-refractivity contribution is 9.10. The van der Waals surface area contributed by atoms with Crippen molar-refractivity contribution in [1.29, 1.82) is 0 Å². The third-order valence-electron chi connectivity index (χ3n) is 3.66. The summed E-state index contributed by atoms with van der Waals surface area (Å²) in [6.45, 7) is 1.46. The number of carbonyl (C=O) groups excluding carboxylic acids is 1. The summed E-state index contributed by atoms with van der Waals surface area (Å²) in [5.74, 6) is -0.879. The molecule has 1 amide bonds. The normalized spacial score (nSPS) is 16.9. The summed E-state index contributed by atoms with van der Waals surface area (Å²) in [7, 11) is 1.56. The van der Waals surface area contributed by atoms with Crippen LogP contribution in [0.2, 0.25) is 0 Å². The minimum Gasteiger partial charge on any atom is -0.496 e. The Hall–Kier alpha value is -1.56. The fraction of sp³-hybridized carbons (Fsp3) is 0.467. The molecule has 21 heavy (non-hydrogen) atoms. The first kappa shape index (κ1) is 15.8. The zero-order chi connectivity index (χ0) is 15.6. The number of methoxy groups -OCH3 is 1. The number of carboxylic acid groups (broad SMARTS) is 1. The van der Waals surface area contributed by atoms with E-state index in [0.29, 0.717) is 5.75 Å². The van der Waals surface area contributed by atoms with Crippen molar-refractivity contribution in [3.8, 4) is 5.75 Å². The number of ether oxygens (including phenoxy) is 1. The number of halogens is 1. The average Bonchev–Trinajstić information content (AvgIpc) is 3.22. The van der Waals surface area contributed by atoms with Crippen LogP contribution < -0.4 is 10.1 Å². The number of carbonyl (C=O) groups is 2. The van der Waals surface area contributed by atoms with Gasteiger partial charge in [-0.3, -0.25) is 9.59 Å². The van der Waals surface area contributed by atoms with Crippen LogP contribution in [0.1, 0.15) is 25.3 Å². The van der Waals surface area contributed by atoms with E-state index in [-0.39, 0.29) is 12.5 Å². The van der Waals surface area contributed by atoms with Gasteiger partial charge >= 0.3 is 5.97 Å². The molecule has 1 fully saturated rings. The zero-order valence-corrected chi connectivity index (χ0v) is 13.6. The molecule has 0 radical (unpaired) electrons. The van der Waals surface area contributed by atoms with Gasteiger partial charge in [0.15, 0.2) is 0 Å². The van der Waals surface area contributed by atoms with E-state index < -0.39 is 17.3 Å². The fourth-order valence-electron chi connectivity index (χ4n) is 2.05. The van der Waals surface area contributed by atoms with Crippen LogP contribution in [0.5, 0.6) is 5.75 Å². The van der Waals surface area contributed by atoms with Gasteiger partial charge in [0, 0.05) is 6.04 Å². The zero-order valence-electron chi connectivity index (χ0n) is 12.0. The number of rotatable bonds is 6. The topological polar surface area (TPSA) is 75.6 Å².